The Morgan fingerprint density at radius 1 is 0.955 bits per heavy atom. The predicted molar refractivity (Wildman–Crippen MR) is 90.3 cm³/mol. The van der Waals surface area contributed by atoms with Crippen LogP contribution in [0.25, 0.3) is 0 Å². The van der Waals surface area contributed by atoms with E-state index in [9.17, 15) is 5.11 Å². The third-order valence-corrected chi connectivity index (χ3v) is 5.55. The number of anilines is 2. The van der Waals surface area contributed by atoms with Crippen molar-refractivity contribution in [1.29, 1.82) is 0 Å². The zero-order valence-corrected chi connectivity index (χ0v) is 13.2. The third kappa shape index (κ3) is 2.95. The predicted octanol–water partition coefficient (Wildman–Crippen LogP) is 2.18. The molecule has 1 saturated carbocycles. The Morgan fingerprint density at radius 3 is 2.36 bits per heavy atom. The van der Waals surface area contributed by atoms with Gasteiger partial charge in [-0.25, -0.2) is 0 Å². The smallest absolute Gasteiger partial charge is 0.0679 e. The number of hydrogen-bond donors (Lipinski definition) is 2. The van der Waals surface area contributed by atoms with Crippen LogP contribution in [-0.2, 0) is 0 Å². The van der Waals surface area contributed by atoms with Gasteiger partial charge in [-0.2, -0.15) is 0 Å². The summed E-state index contributed by atoms with van der Waals surface area (Å²) in [6, 6.07) is 7.29. The van der Waals surface area contributed by atoms with E-state index in [1.165, 1.54) is 36.9 Å². The Labute approximate surface area is 132 Å². The lowest BCUT2D eigenvalue weighted by molar-refractivity contribution is 0.148. The standard InChI is InChI=1S/C18H27N3O/c19-15-9-14(13-1-2-13)10-17(11-15)20-6-3-16(4-7-20)21-8-5-18(22)12-21/h9-11,13,16,18,22H,1-8,12,19H2/t18-/m0/s1. The Bertz CT molecular complexity index is 535. The molecule has 1 aromatic rings. The van der Waals surface area contributed by atoms with Crippen LogP contribution in [0.5, 0.6) is 0 Å². The Kier molecular flexibility index (Phi) is 3.74. The number of nitrogens with zero attached hydrogens (tertiary/aromatic N) is 2. The van der Waals surface area contributed by atoms with Gasteiger partial charge in [0.1, 0.15) is 0 Å². The number of piperidine rings is 1. The van der Waals surface area contributed by atoms with E-state index in [2.05, 4.69) is 28.0 Å². The van der Waals surface area contributed by atoms with Gasteiger partial charge < -0.3 is 15.7 Å². The molecule has 2 saturated heterocycles. The van der Waals surface area contributed by atoms with Gasteiger partial charge in [-0.3, -0.25) is 4.90 Å². The van der Waals surface area contributed by atoms with E-state index in [1.807, 2.05) is 0 Å². The van der Waals surface area contributed by atoms with Crippen molar-refractivity contribution < 1.29 is 5.11 Å². The summed E-state index contributed by atoms with van der Waals surface area (Å²) in [6.45, 7) is 4.14. The maximum absolute atomic E-state index is 9.71. The summed E-state index contributed by atoms with van der Waals surface area (Å²) in [7, 11) is 0. The molecule has 1 atom stereocenters. The minimum absolute atomic E-state index is 0.104. The van der Waals surface area contributed by atoms with E-state index in [4.69, 9.17) is 5.73 Å². The average Bonchev–Trinajstić information content (AvgIpc) is 3.29. The molecule has 0 spiro atoms. The number of nitrogens with two attached hydrogens (primary N) is 1. The van der Waals surface area contributed by atoms with E-state index in [-0.39, 0.29) is 6.10 Å². The van der Waals surface area contributed by atoms with Crippen LogP contribution in [-0.4, -0.2) is 48.3 Å². The molecule has 0 unspecified atom stereocenters. The molecule has 22 heavy (non-hydrogen) atoms. The molecule has 0 aromatic heterocycles. The highest BCUT2D eigenvalue weighted by Crippen LogP contribution is 2.42. The average molecular weight is 301 g/mol. The highest BCUT2D eigenvalue weighted by molar-refractivity contribution is 5.59. The molecule has 1 aromatic carbocycles. The SMILES string of the molecule is Nc1cc(C2CC2)cc(N2CCC(N3CC[C@H](O)C3)CC2)c1. The number of aliphatic hydroxyl groups excluding tert-OH is 1. The minimum atomic E-state index is -0.104. The van der Waals surface area contributed by atoms with E-state index < -0.39 is 0 Å². The van der Waals surface area contributed by atoms with Crippen LogP contribution >= 0.6 is 0 Å². The van der Waals surface area contributed by atoms with Crippen molar-refractivity contribution in [2.24, 2.45) is 0 Å². The summed E-state index contributed by atoms with van der Waals surface area (Å²) in [5.41, 5.74) is 9.76. The van der Waals surface area contributed by atoms with Crippen LogP contribution in [0, 0.1) is 0 Å². The largest absolute Gasteiger partial charge is 0.399 e. The van der Waals surface area contributed by atoms with Crippen LogP contribution in [0.3, 0.4) is 0 Å². The number of aliphatic hydroxyl groups is 1. The second kappa shape index (κ2) is 5.74. The Hall–Kier alpha value is -1.26. The van der Waals surface area contributed by atoms with Gasteiger partial charge in [-0.15, -0.1) is 0 Å². The summed E-state index contributed by atoms with van der Waals surface area (Å²) in [4.78, 5) is 4.97. The number of hydrogen-bond acceptors (Lipinski definition) is 4. The summed E-state index contributed by atoms with van der Waals surface area (Å²) in [6.07, 6.45) is 5.87. The van der Waals surface area contributed by atoms with Gasteiger partial charge >= 0.3 is 0 Å². The van der Waals surface area contributed by atoms with Gasteiger partial charge in [-0.05, 0) is 61.8 Å². The lowest BCUT2D eigenvalue weighted by Crippen LogP contribution is -2.44. The molecule has 4 heteroatoms. The molecule has 3 aliphatic rings. The summed E-state index contributed by atoms with van der Waals surface area (Å²) in [5, 5.41) is 9.71. The Morgan fingerprint density at radius 2 is 1.73 bits per heavy atom. The number of β-amino-alcohol motifs (C(OH)–C–C–N with tert-alkyl or cyclic N) is 1. The second-order valence-electron chi connectivity index (χ2n) is 7.29. The zero-order chi connectivity index (χ0) is 15.1. The fourth-order valence-corrected chi connectivity index (χ4v) is 4.08. The van der Waals surface area contributed by atoms with Crippen molar-refractivity contribution in [2.45, 2.75) is 50.2 Å². The number of nitrogen functional groups attached to an aromatic ring is 1. The quantitative estimate of drug-likeness (QED) is 0.840. The number of likely N-dealkylation sites (tertiary alicyclic amines) is 1. The highest BCUT2D eigenvalue weighted by Gasteiger charge is 2.30. The molecular weight excluding hydrogens is 274 g/mol. The van der Waals surface area contributed by atoms with E-state index in [0.717, 1.165) is 44.2 Å². The Balaban J connectivity index is 1.41. The van der Waals surface area contributed by atoms with E-state index >= 15 is 0 Å². The van der Waals surface area contributed by atoms with Crippen molar-refractivity contribution in [1.82, 2.24) is 4.90 Å². The first-order valence-corrected chi connectivity index (χ1v) is 8.76. The molecule has 0 bridgehead atoms. The summed E-state index contributed by atoms with van der Waals surface area (Å²) >= 11 is 0. The first-order chi connectivity index (χ1) is 10.7. The van der Waals surface area contributed by atoms with Crippen molar-refractivity contribution in [2.75, 3.05) is 36.8 Å². The molecule has 2 heterocycles. The first kappa shape index (κ1) is 14.3. The van der Waals surface area contributed by atoms with Crippen molar-refractivity contribution in [3.05, 3.63) is 23.8 Å². The van der Waals surface area contributed by atoms with Crippen LogP contribution in [0.1, 0.15) is 43.6 Å². The molecule has 4 rings (SSSR count). The minimum Gasteiger partial charge on any atom is -0.399 e. The molecule has 1 aliphatic carbocycles. The second-order valence-corrected chi connectivity index (χ2v) is 7.29. The maximum Gasteiger partial charge on any atom is 0.0679 e. The molecule has 0 radical (unpaired) electrons. The van der Waals surface area contributed by atoms with Gasteiger partial charge in [0.25, 0.3) is 0 Å². The summed E-state index contributed by atoms with van der Waals surface area (Å²) < 4.78 is 0. The molecular formula is C18H27N3O. The molecule has 4 nitrogen and oxygen atoms in total. The van der Waals surface area contributed by atoms with Crippen molar-refractivity contribution >= 4 is 11.4 Å². The number of rotatable bonds is 3. The van der Waals surface area contributed by atoms with Gasteiger partial charge in [0.2, 0.25) is 0 Å². The normalized spacial score (nSPS) is 27.5. The zero-order valence-electron chi connectivity index (χ0n) is 13.2. The van der Waals surface area contributed by atoms with Crippen molar-refractivity contribution in [3.8, 4) is 0 Å². The molecule has 120 valence electrons. The highest BCUT2D eigenvalue weighted by atomic mass is 16.3. The van der Waals surface area contributed by atoms with Crippen molar-refractivity contribution in [3.63, 3.8) is 0 Å². The molecule has 2 aliphatic heterocycles. The van der Waals surface area contributed by atoms with Crippen LogP contribution in [0.15, 0.2) is 18.2 Å². The monoisotopic (exact) mass is 301 g/mol. The van der Waals surface area contributed by atoms with E-state index in [0.29, 0.717) is 6.04 Å². The third-order valence-electron chi connectivity index (χ3n) is 5.55. The fraction of sp³-hybridized carbons (Fsp3) is 0.667. The lowest BCUT2D eigenvalue weighted by atomic mass is 10.0. The fourth-order valence-electron chi connectivity index (χ4n) is 4.08. The maximum atomic E-state index is 9.71. The van der Waals surface area contributed by atoms with E-state index in [1.54, 1.807) is 0 Å². The number of benzene rings is 1. The van der Waals surface area contributed by atoms with Crippen LogP contribution < -0.4 is 10.6 Å². The van der Waals surface area contributed by atoms with Gasteiger partial charge in [0.15, 0.2) is 0 Å². The van der Waals surface area contributed by atoms with Crippen LogP contribution in [0.2, 0.25) is 0 Å². The molecule has 0 amide bonds. The van der Waals surface area contributed by atoms with Crippen LogP contribution in [0.4, 0.5) is 11.4 Å². The van der Waals surface area contributed by atoms with Gasteiger partial charge in [0.05, 0.1) is 6.10 Å². The first-order valence-electron chi connectivity index (χ1n) is 8.76. The topological polar surface area (TPSA) is 52.7 Å². The van der Waals surface area contributed by atoms with Gasteiger partial charge in [-0.1, -0.05) is 0 Å². The molecule has 3 fully saturated rings. The molecule has 3 N–H and O–H groups in total. The summed E-state index contributed by atoms with van der Waals surface area (Å²) in [5.74, 6) is 0.755. The lowest BCUT2D eigenvalue weighted by Gasteiger charge is -2.38. The van der Waals surface area contributed by atoms with Gasteiger partial charge in [0, 0.05) is 43.6 Å².